The minimum absolute atomic E-state index is 0.0692. The predicted molar refractivity (Wildman–Crippen MR) is 146 cm³/mol. The first-order valence-electron chi connectivity index (χ1n) is 14.6. The van der Waals surface area contributed by atoms with E-state index < -0.39 is 40.8 Å². The summed E-state index contributed by atoms with van der Waals surface area (Å²) in [5, 5.41) is 6.58. The number of nitrogen functional groups attached to an aromatic ring is 1. The number of benzene rings is 2. The van der Waals surface area contributed by atoms with Crippen molar-refractivity contribution in [1.29, 1.82) is 0 Å². The van der Waals surface area contributed by atoms with Gasteiger partial charge in [0.15, 0.2) is 27.1 Å². The Morgan fingerprint density at radius 1 is 1.08 bits per heavy atom. The number of sulfone groups is 1. The monoisotopic (exact) mass is 538 g/mol. The third kappa shape index (κ3) is 5.62. The fraction of sp³-hybridized carbons (Fsp3) is 0.321. The van der Waals surface area contributed by atoms with Crippen LogP contribution in [-0.4, -0.2) is 48.0 Å². The maximum absolute atomic E-state index is 12.5. The smallest absolute Gasteiger partial charge is 0.189 e. The van der Waals surface area contributed by atoms with Crippen LogP contribution in [0, 0.1) is 0 Å². The van der Waals surface area contributed by atoms with Crippen molar-refractivity contribution in [2.75, 3.05) is 18.9 Å². The Morgan fingerprint density at radius 3 is 2.42 bits per heavy atom. The second kappa shape index (κ2) is 11.0. The lowest BCUT2D eigenvalue weighted by atomic mass is 10.1. The van der Waals surface area contributed by atoms with Gasteiger partial charge in [0.25, 0.3) is 0 Å². The zero-order valence-electron chi connectivity index (χ0n) is 25.9. The molecule has 9 nitrogen and oxygen atoms in total. The van der Waals surface area contributed by atoms with Crippen LogP contribution >= 0.6 is 0 Å². The Labute approximate surface area is 229 Å². The molecule has 0 saturated carbocycles. The fourth-order valence-electron chi connectivity index (χ4n) is 3.82. The number of hydrogen-bond acceptors (Lipinski definition) is 9. The third-order valence-electron chi connectivity index (χ3n) is 6.14. The van der Waals surface area contributed by atoms with Crippen LogP contribution in [0.3, 0.4) is 0 Å². The Hall–Kier alpha value is -3.60. The Kier molecular flexibility index (Phi) is 5.91. The minimum atomic E-state index is -3.41. The van der Waals surface area contributed by atoms with Gasteiger partial charge in [-0.05, 0) is 44.4 Å². The Bertz CT molecular complexity index is 1700. The zero-order valence-corrected chi connectivity index (χ0v) is 21.7. The van der Waals surface area contributed by atoms with Gasteiger partial charge in [0.1, 0.15) is 5.69 Å². The van der Waals surface area contributed by atoms with Crippen LogP contribution in [0.4, 0.5) is 5.82 Å². The molecule has 2 aromatic heterocycles. The highest BCUT2D eigenvalue weighted by Gasteiger charge is 2.20. The van der Waals surface area contributed by atoms with Crippen LogP contribution in [0.15, 0.2) is 70.2 Å². The molecule has 0 amide bonds. The molecule has 3 heterocycles. The van der Waals surface area contributed by atoms with Gasteiger partial charge in [0.2, 0.25) is 0 Å². The SMILES string of the molecule is [2H]C(NC1CC([2H])([2H])OC([2H])([2H])C1)c1ccc(-c2cc(-c3nc(-c4ccc(S(=O)(=O)C(C)C)cc4)cnc3N)on2)cc1. The number of nitrogens with one attached hydrogen (secondary N) is 1. The molecule has 10 heteroatoms. The first-order chi connectivity index (χ1) is 20.1. The van der Waals surface area contributed by atoms with Gasteiger partial charge in [-0.2, -0.15) is 0 Å². The first-order valence-corrected chi connectivity index (χ1v) is 13.6. The molecule has 4 aromatic rings. The van der Waals surface area contributed by atoms with E-state index in [1.165, 1.54) is 18.3 Å². The molecule has 0 bridgehead atoms. The number of ether oxygens (including phenoxy) is 1. The summed E-state index contributed by atoms with van der Waals surface area (Å²) in [7, 11) is -3.41. The molecule has 0 aliphatic carbocycles. The van der Waals surface area contributed by atoms with Crippen LogP contribution in [0.5, 0.6) is 0 Å². The highest BCUT2D eigenvalue weighted by atomic mass is 32.2. The quantitative estimate of drug-likeness (QED) is 0.333. The lowest BCUT2D eigenvalue weighted by Crippen LogP contribution is -2.34. The lowest BCUT2D eigenvalue weighted by Gasteiger charge is -2.23. The van der Waals surface area contributed by atoms with E-state index in [1.807, 2.05) is 0 Å². The molecule has 1 aliphatic rings. The van der Waals surface area contributed by atoms with Gasteiger partial charge in [-0.25, -0.2) is 18.4 Å². The largest absolute Gasteiger partial charge is 0.382 e. The van der Waals surface area contributed by atoms with Crippen molar-refractivity contribution in [2.45, 2.75) is 49.4 Å². The number of rotatable bonds is 8. The molecule has 198 valence electrons. The molecule has 1 atom stereocenters. The topological polar surface area (TPSA) is 133 Å². The van der Waals surface area contributed by atoms with Crippen molar-refractivity contribution < 1.29 is 24.5 Å². The molecule has 38 heavy (non-hydrogen) atoms. The Morgan fingerprint density at radius 2 is 1.74 bits per heavy atom. The summed E-state index contributed by atoms with van der Waals surface area (Å²) in [5.41, 5.74) is 9.31. The van der Waals surface area contributed by atoms with Gasteiger partial charge in [0, 0.05) is 44.2 Å². The van der Waals surface area contributed by atoms with E-state index in [0.717, 1.165) is 0 Å². The zero-order chi connectivity index (χ0) is 31.2. The summed E-state index contributed by atoms with van der Waals surface area (Å²) in [6, 6.07) is 14.5. The summed E-state index contributed by atoms with van der Waals surface area (Å²) in [6.45, 7) is -1.89. The van der Waals surface area contributed by atoms with Crippen molar-refractivity contribution in [3.8, 4) is 34.0 Å². The summed E-state index contributed by atoms with van der Waals surface area (Å²) < 4.78 is 75.0. The molecular weight excluding hydrogens is 502 g/mol. The van der Waals surface area contributed by atoms with E-state index in [4.69, 9.17) is 21.8 Å². The molecule has 2 aromatic carbocycles. The summed E-state index contributed by atoms with van der Waals surface area (Å²) >= 11 is 0. The summed E-state index contributed by atoms with van der Waals surface area (Å²) in [5.74, 6) is 0.416. The van der Waals surface area contributed by atoms with Crippen molar-refractivity contribution in [1.82, 2.24) is 20.4 Å². The third-order valence-corrected chi connectivity index (χ3v) is 8.31. The molecule has 1 fully saturated rings. The number of aromatic nitrogens is 3. The van der Waals surface area contributed by atoms with Crippen molar-refractivity contribution in [2.24, 2.45) is 0 Å². The van der Waals surface area contributed by atoms with Gasteiger partial charge < -0.3 is 20.3 Å². The van der Waals surface area contributed by atoms with Gasteiger partial charge in [-0.3, -0.25) is 0 Å². The van der Waals surface area contributed by atoms with Crippen LogP contribution in [0.1, 0.15) is 39.1 Å². The van der Waals surface area contributed by atoms with Gasteiger partial charge in [-0.15, -0.1) is 0 Å². The van der Waals surface area contributed by atoms with Gasteiger partial charge in [-0.1, -0.05) is 41.6 Å². The van der Waals surface area contributed by atoms with E-state index >= 15 is 0 Å². The fourth-order valence-corrected chi connectivity index (χ4v) is 4.88. The average molecular weight is 539 g/mol. The van der Waals surface area contributed by atoms with Crippen molar-refractivity contribution in [3.63, 3.8) is 0 Å². The normalized spacial score (nSPS) is 20.1. The highest BCUT2D eigenvalue weighted by Crippen LogP contribution is 2.30. The molecule has 1 unspecified atom stereocenters. The first kappa shape index (κ1) is 20.4. The van der Waals surface area contributed by atoms with Crippen molar-refractivity contribution in [3.05, 3.63) is 66.4 Å². The van der Waals surface area contributed by atoms with E-state index in [9.17, 15) is 8.42 Å². The standard InChI is InChI=1S/C28H31N5O4S/c1-18(2)38(34,35)23-9-7-21(8-10-23)25-17-31-28(29)27(32-25)26-15-24(33-37-26)20-5-3-19(4-6-20)16-30-22-11-13-36-14-12-22/h3-10,15,17-18,22,30H,11-14,16H2,1-2H3,(H2,29,31)/i13D2,14D2,16D. The Balaban J connectivity index is 1.31. The minimum Gasteiger partial charge on any atom is -0.382 e. The van der Waals surface area contributed by atoms with Gasteiger partial charge >= 0.3 is 0 Å². The molecule has 3 N–H and O–H groups in total. The van der Waals surface area contributed by atoms with Crippen molar-refractivity contribution >= 4 is 15.7 Å². The molecular formula is C28H31N5O4S. The maximum Gasteiger partial charge on any atom is 0.189 e. The molecule has 0 radical (unpaired) electrons. The average Bonchev–Trinajstić information content (AvgIpc) is 3.42. The lowest BCUT2D eigenvalue weighted by molar-refractivity contribution is 0.0776. The number of anilines is 1. The molecule has 5 rings (SSSR count). The van der Waals surface area contributed by atoms with Crippen LogP contribution in [-0.2, 0) is 21.1 Å². The van der Waals surface area contributed by atoms with E-state index in [0.29, 0.717) is 28.1 Å². The second-order valence-electron chi connectivity index (χ2n) is 9.11. The molecule has 1 saturated heterocycles. The number of nitrogens with two attached hydrogens (primary N) is 1. The maximum atomic E-state index is 12.5. The highest BCUT2D eigenvalue weighted by molar-refractivity contribution is 7.92. The van der Waals surface area contributed by atoms with E-state index in [1.54, 1.807) is 56.3 Å². The van der Waals surface area contributed by atoms with Crippen LogP contribution in [0.25, 0.3) is 34.0 Å². The number of nitrogens with zero attached hydrogens (tertiary/aromatic N) is 3. The second-order valence-corrected chi connectivity index (χ2v) is 11.6. The summed E-state index contributed by atoms with van der Waals surface area (Å²) in [6.07, 6.45) is 1.36. The van der Waals surface area contributed by atoms with E-state index in [-0.39, 0.29) is 35.0 Å². The van der Waals surface area contributed by atoms with E-state index in [2.05, 4.69) is 20.4 Å². The molecule has 1 aliphatic heterocycles. The summed E-state index contributed by atoms with van der Waals surface area (Å²) in [4.78, 5) is 9.05. The number of hydrogen-bond donors (Lipinski definition) is 2. The predicted octanol–water partition coefficient (Wildman–Crippen LogP) is 4.50. The molecule has 0 spiro atoms. The van der Waals surface area contributed by atoms with Gasteiger partial charge in [0.05, 0.1) is 27.5 Å². The van der Waals surface area contributed by atoms with Crippen LogP contribution < -0.4 is 11.1 Å². The van der Waals surface area contributed by atoms with Crippen LogP contribution in [0.2, 0.25) is 0 Å².